The third-order valence-electron chi connectivity index (χ3n) is 5.07. The van der Waals surface area contributed by atoms with Crippen LogP contribution in [0.4, 0.5) is 0 Å². The van der Waals surface area contributed by atoms with Crippen LogP contribution < -0.4 is 4.74 Å². The molecule has 1 fully saturated rings. The number of amides is 1. The second-order valence-electron chi connectivity index (χ2n) is 7.08. The number of methoxy groups -OCH3 is 1. The van der Waals surface area contributed by atoms with Gasteiger partial charge in [-0.15, -0.1) is 0 Å². The first kappa shape index (κ1) is 21.6. The molecular formula is C21H25ClN2O4S. The van der Waals surface area contributed by atoms with Crippen LogP contribution in [-0.4, -0.2) is 50.8 Å². The largest absolute Gasteiger partial charge is 0.496 e. The topological polar surface area (TPSA) is 66.9 Å². The molecule has 0 aliphatic carbocycles. The lowest BCUT2D eigenvalue weighted by Gasteiger charge is -2.26. The molecule has 156 valence electrons. The number of para-hydroxylation sites is 1. The maximum atomic E-state index is 13.0. The van der Waals surface area contributed by atoms with E-state index < -0.39 is 10.0 Å². The number of benzene rings is 2. The molecule has 8 heteroatoms. The zero-order valence-electron chi connectivity index (χ0n) is 16.6. The molecule has 29 heavy (non-hydrogen) atoms. The highest BCUT2D eigenvalue weighted by Gasteiger charge is 2.28. The maximum absolute atomic E-state index is 13.0. The lowest BCUT2D eigenvalue weighted by atomic mass is 10.1. The molecule has 0 saturated carbocycles. The number of carbonyl (C=O) groups excluding carboxylic acids is 1. The average molecular weight is 437 g/mol. The maximum Gasteiger partial charge on any atom is 0.255 e. The molecule has 2 aromatic rings. The predicted molar refractivity (Wildman–Crippen MR) is 113 cm³/mol. The number of nitrogens with zero attached hydrogens (tertiary/aromatic N) is 2. The molecule has 1 heterocycles. The van der Waals surface area contributed by atoms with Crippen LogP contribution in [-0.2, 0) is 16.6 Å². The number of hydrogen-bond acceptors (Lipinski definition) is 4. The van der Waals surface area contributed by atoms with Crippen LogP contribution in [0.25, 0.3) is 0 Å². The number of hydrogen-bond donors (Lipinski definition) is 0. The van der Waals surface area contributed by atoms with Crippen molar-refractivity contribution in [1.29, 1.82) is 0 Å². The van der Waals surface area contributed by atoms with Gasteiger partial charge in [-0.3, -0.25) is 4.79 Å². The Morgan fingerprint density at radius 2 is 1.83 bits per heavy atom. The van der Waals surface area contributed by atoms with Gasteiger partial charge in [-0.1, -0.05) is 36.2 Å². The van der Waals surface area contributed by atoms with Gasteiger partial charge in [0.25, 0.3) is 5.91 Å². The Balaban J connectivity index is 1.86. The molecule has 1 aliphatic heterocycles. The van der Waals surface area contributed by atoms with E-state index in [0.29, 0.717) is 25.4 Å². The first-order valence-electron chi connectivity index (χ1n) is 9.51. The van der Waals surface area contributed by atoms with Crippen molar-refractivity contribution in [2.45, 2.75) is 30.7 Å². The fraction of sp³-hybridized carbons (Fsp3) is 0.381. The second-order valence-corrected chi connectivity index (χ2v) is 9.42. The molecule has 1 saturated heterocycles. The monoisotopic (exact) mass is 436 g/mol. The minimum Gasteiger partial charge on any atom is -0.496 e. The third kappa shape index (κ3) is 4.74. The Hall–Kier alpha value is -2.09. The van der Waals surface area contributed by atoms with Gasteiger partial charge in [-0.25, -0.2) is 8.42 Å². The Morgan fingerprint density at radius 1 is 1.14 bits per heavy atom. The summed E-state index contributed by atoms with van der Waals surface area (Å²) < 4.78 is 32.7. The smallest absolute Gasteiger partial charge is 0.255 e. The van der Waals surface area contributed by atoms with E-state index in [9.17, 15) is 13.2 Å². The van der Waals surface area contributed by atoms with Crippen molar-refractivity contribution in [3.05, 3.63) is 58.6 Å². The summed E-state index contributed by atoms with van der Waals surface area (Å²) in [5.41, 5.74) is 1.02. The summed E-state index contributed by atoms with van der Waals surface area (Å²) in [7, 11) is -0.421. The number of carbonyl (C=O) groups is 1. The molecular weight excluding hydrogens is 412 g/mol. The summed E-state index contributed by atoms with van der Waals surface area (Å²) in [4.78, 5) is 14.6. The predicted octanol–water partition coefficient (Wildman–Crippen LogP) is 3.80. The number of piperidine rings is 1. The SMILES string of the molecule is COc1ccccc1CN(C)C(=O)c1cc(S(=O)(=O)N2CCCCC2)ccc1Cl. The molecule has 3 rings (SSSR count). The van der Waals surface area contributed by atoms with Crippen LogP contribution in [0, 0.1) is 0 Å². The summed E-state index contributed by atoms with van der Waals surface area (Å²) in [6.07, 6.45) is 2.73. The van der Waals surface area contributed by atoms with Crippen molar-refractivity contribution < 1.29 is 17.9 Å². The standard InChI is InChI=1S/C21H25ClN2O4S/c1-23(15-16-8-4-5-9-20(16)28-2)21(25)18-14-17(10-11-19(18)22)29(26,27)24-12-6-3-7-13-24/h4-5,8-11,14H,3,6-7,12-13,15H2,1-2H3. The molecule has 0 aromatic heterocycles. The van der Waals surface area contributed by atoms with Crippen molar-refractivity contribution >= 4 is 27.5 Å². The van der Waals surface area contributed by atoms with Gasteiger partial charge in [-0.2, -0.15) is 4.31 Å². The third-order valence-corrected chi connectivity index (χ3v) is 7.29. The first-order valence-corrected chi connectivity index (χ1v) is 11.3. The molecule has 0 atom stereocenters. The number of halogens is 1. The van der Waals surface area contributed by atoms with Gasteiger partial charge < -0.3 is 9.64 Å². The van der Waals surface area contributed by atoms with Crippen molar-refractivity contribution in [3.63, 3.8) is 0 Å². The number of rotatable bonds is 6. The van der Waals surface area contributed by atoms with Crippen molar-refractivity contribution in [3.8, 4) is 5.75 Å². The zero-order chi connectivity index (χ0) is 21.0. The molecule has 1 aliphatic rings. The summed E-state index contributed by atoms with van der Waals surface area (Å²) >= 11 is 6.25. The molecule has 6 nitrogen and oxygen atoms in total. The van der Waals surface area contributed by atoms with Crippen LogP contribution in [0.1, 0.15) is 35.2 Å². The van der Waals surface area contributed by atoms with Crippen molar-refractivity contribution in [2.75, 3.05) is 27.2 Å². The highest BCUT2D eigenvalue weighted by atomic mass is 35.5. The average Bonchev–Trinajstić information content (AvgIpc) is 2.74. The fourth-order valence-electron chi connectivity index (χ4n) is 3.45. The summed E-state index contributed by atoms with van der Waals surface area (Å²) in [5, 5.41) is 0.222. The van der Waals surface area contributed by atoms with E-state index in [1.54, 1.807) is 14.2 Å². The van der Waals surface area contributed by atoms with Crippen molar-refractivity contribution in [2.24, 2.45) is 0 Å². The van der Waals surface area contributed by atoms with Crippen LogP contribution in [0.5, 0.6) is 5.75 Å². The molecule has 2 aromatic carbocycles. The highest BCUT2D eigenvalue weighted by molar-refractivity contribution is 7.89. The zero-order valence-corrected chi connectivity index (χ0v) is 18.2. The quantitative estimate of drug-likeness (QED) is 0.690. The Bertz CT molecular complexity index is 988. The van der Waals surface area contributed by atoms with Crippen LogP contribution >= 0.6 is 11.6 Å². The van der Waals surface area contributed by atoms with Gasteiger partial charge in [0.15, 0.2) is 0 Å². The first-order chi connectivity index (χ1) is 13.8. The lowest BCUT2D eigenvalue weighted by Crippen LogP contribution is -2.35. The lowest BCUT2D eigenvalue weighted by molar-refractivity contribution is 0.0784. The van der Waals surface area contributed by atoms with Gasteiger partial charge in [0.1, 0.15) is 5.75 Å². The van der Waals surface area contributed by atoms with Gasteiger partial charge in [-0.05, 0) is 37.1 Å². The van der Waals surface area contributed by atoms with Crippen molar-refractivity contribution in [1.82, 2.24) is 9.21 Å². The Morgan fingerprint density at radius 3 is 2.52 bits per heavy atom. The fourth-order valence-corrected chi connectivity index (χ4v) is 5.19. The van der Waals surface area contributed by atoms with Crippen LogP contribution in [0.15, 0.2) is 47.4 Å². The van der Waals surface area contributed by atoms with Gasteiger partial charge in [0, 0.05) is 32.2 Å². The number of ether oxygens (including phenoxy) is 1. The molecule has 0 bridgehead atoms. The summed E-state index contributed by atoms with van der Waals surface area (Å²) in [6, 6.07) is 11.7. The molecule has 0 spiro atoms. The van der Waals surface area contributed by atoms with E-state index in [0.717, 1.165) is 24.8 Å². The van der Waals surface area contributed by atoms with Gasteiger partial charge >= 0.3 is 0 Å². The van der Waals surface area contributed by atoms with Crippen LogP contribution in [0.3, 0.4) is 0 Å². The minimum absolute atomic E-state index is 0.0952. The minimum atomic E-state index is -3.65. The van der Waals surface area contributed by atoms with E-state index in [1.807, 2.05) is 24.3 Å². The summed E-state index contributed by atoms with van der Waals surface area (Å²) in [5.74, 6) is 0.330. The molecule has 0 unspecified atom stereocenters. The summed E-state index contributed by atoms with van der Waals surface area (Å²) in [6.45, 7) is 1.31. The highest BCUT2D eigenvalue weighted by Crippen LogP contribution is 2.27. The number of sulfonamides is 1. The van der Waals surface area contributed by atoms with E-state index in [-0.39, 0.29) is 21.4 Å². The second kappa shape index (κ2) is 9.15. The Labute approximate surface area is 177 Å². The van der Waals surface area contributed by atoms with Gasteiger partial charge in [0.2, 0.25) is 10.0 Å². The van der Waals surface area contributed by atoms with E-state index in [2.05, 4.69) is 0 Å². The molecule has 0 radical (unpaired) electrons. The molecule has 1 amide bonds. The van der Waals surface area contributed by atoms with E-state index in [4.69, 9.17) is 16.3 Å². The van der Waals surface area contributed by atoms with E-state index >= 15 is 0 Å². The molecule has 0 N–H and O–H groups in total. The van der Waals surface area contributed by atoms with E-state index in [1.165, 1.54) is 27.4 Å². The normalized spacial score (nSPS) is 15.1. The van der Waals surface area contributed by atoms with Gasteiger partial charge in [0.05, 0.1) is 22.6 Å². The van der Waals surface area contributed by atoms with Crippen LogP contribution in [0.2, 0.25) is 5.02 Å². The Kier molecular flexibility index (Phi) is 6.82.